The fourth-order valence-corrected chi connectivity index (χ4v) is 3.49. The van der Waals surface area contributed by atoms with Gasteiger partial charge in [-0.3, -0.25) is 9.59 Å². The Hall–Kier alpha value is -2.36. The first-order valence-electron chi connectivity index (χ1n) is 11.5. The highest BCUT2D eigenvalue weighted by molar-refractivity contribution is 5.90. The van der Waals surface area contributed by atoms with Gasteiger partial charge in [-0.05, 0) is 30.7 Å². The monoisotopic (exact) mass is 412 g/mol. The lowest BCUT2D eigenvalue weighted by Crippen LogP contribution is -2.08. The van der Waals surface area contributed by atoms with E-state index in [1.165, 1.54) is 32.1 Å². The molecule has 0 aliphatic heterocycles. The minimum atomic E-state index is -0.229. The minimum Gasteiger partial charge on any atom is -0.466 e. The molecule has 0 spiro atoms. The van der Waals surface area contributed by atoms with E-state index in [1.54, 1.807) is 0 Å². The van der Waals surface area contributed by atoms with Crippen molar-refractivity contribution in [1.82, 2.24) is 0 Å². The number of fused-ring (bicyclic) bond motifs is 1. The highest BCUT2D eigenvalue weighted by Gasteiger charge is 2.08. The standard InChI is InChI=1S/C26H36O4/c1-2-3-4-5-6-7-13-21-29-25(27)19-9-8-10-20-26(28)30-24-18-14-16-22-15-11-12-17-23(22)24/h11-12,14-18H,2-10,13,19-21H2,1H3. The van der Waals surface area contributed by atoms with Gasteiger partial charge in [0, 0.05) is 18.2 Å². The Morgan fingerprint density at radius 3 is 2.13 bits per heavy atom. The molecule has 164 valence electrons. The van der Waals surface area contributed by atoms with Crippen molar-refractivity contribution in [3.05, 3.63) is 42.5 Å². The van der Waals surface area contributed by atoms with Crippen molar-refractivity contribution < 1.29 is 19.1 Å². The minimum absolute atomic E-state index is 0.126. The number of carbonyl (C=O) groups is 2. The van der Waals surface area contributed by atoms with Crippen molar-refractivity contribution >= 4 is 22.7 Å². The largest absolute Gasteiger partial charge is 0.466 e. The van der Waals surface area contributed by atoms with Crippen molar-refractivity contribution in [2.24, 2.45) is 0 Å². The highest BCUT2D eigenvalue weighted by Crippen LogP contribution is 2.25. The lowest BCUT2D eigenvalue weighted by Gasteiger charge is -2.08. The summed E-state index contributed by atoms with van der Waals surface area (Å²) in [5.74, 6) is 0.249. The number of benzene rings is 2. The van der Waals surface area contributed by atoms with Crippen LogP contribution in [-0.2, 0) is 14.3 Å². The van der Waals surface area contributed by atoms with Gasteiger partial charge in [-0.1, -0.05) is 88.3 Å². The lowest BCUT2D eigenvalue weighted by atomic mass is 10.1. The third kappa shape index (κ3) is 9.43. The van der Waals surface area contributed by atoms with E-state index in [1.807, 2.05) is 42.5 Å². The molecule has 4 heteroatoms. The van der Waals surface area contributed by atoms with Gasteiger partial charge < -0.3 is 9.47 Å². The number of carbonyl (C=O) groups excluding carboxylic acids is 2. The van der Waals surface area contributed by atoms with Crippen LogP contribution in [0.5, 0.6) is 5.75 Å². The maximum atomic E-state index is 12.1. The van der Waals surface area contributed by atoms with Crippen LogP contribution in [0.1, 0.15) is 84.0 Å². The molecular formula is C26H36O4. The third-order valence-electron chi connectivity index (χ3n) is 5.25. The average molecular weight is 413 g/mol. The zero-order valence-electron chi connectivity index (χ0n) is 18.4. The van der Waals surface area contributed by atoms with Crippen LogP contribution in [-0.4, -0.2) is 18.5 Å². The molecule has 0 atom stereocenters. The number of unbranched alkanes of at least 4 members (excludes halogenated alkanes) is 8. The molecule has 0 amide bonds. The Balaban J connectivity index is 1.50. The van der Waals surface area contributed by atoms with Gasteiger partial charge in [0.25, 0.3) is 0 Å². The summed E-state index contributed by atoms with van der Waals surface area (Å²) in [5.41, 5.74) is 0. The van der Waals surface area contributed by atoms with Crippen molar-refractivity contribution in [2.75, 3.05) is 6.61 Å². The Labute approximate surface area is 181 Å². The first kappa shape index (κ1) is 23.9. The summed E-state index contributed by atoms with van der Waals surface area (Å²) >= 11 is 0. The number of hydrogen-bond acceptors (Lipinski definition) is 4. The van der Waals surface area contributed by atoms with Crippen LogP contribution in [0, 0.1) is 0 Å². The topological polar surface area (TPSA) is 52.6 Å². The van der Waals surface area contributed by atoms with Crippen molar-refractivity contribution in [1.29, 1.82) is 0 Å². The Morgan fingerprint density at radius 1 is 0.700 bits per heavy atom. The molecule has 0 aliphatic rings. The van der Waals surface area contributed by atoms with E-state index < -0.39 is 0 Å². The molecule has 2 aromatic carbocycles. The maximum absolute atomic E-state index is 12.1. The van der Waals surface area contributed by atoms with Crippen LogP contribution in [0.15, 0.2) is 42.5 Å². The van der Waals surface area contributed by atoms with E-state index in [0.717, 1.165) is 36.5 Å². The van der Waals surface area contributed by atoms with Gasteiger partial charge in [0.2, 0.25) is 0 Å². The number of hydrogen-bond donors (Lipinski definition) is 0. The summed E-state index contributed by atoms with van der Waals surface area (Å²) in [5, 5.41) is 2.00. The summed E-state index contributed by atoms with van der Waals surface area (Å²) in [4.78, 5) is 23.9. The molecule has 0 heterocycles. The van der Waals surface area contributed by atoms with E-state index >= 15 is 0 Å². The predicted octanol–water partition coefficient (Wildman–Crippen LogP) is 6.99. The SMILES string of the molecule is CCCCCCCCCOC(=O)CCCCCC(=O)Oc1cccc2ccccc12. The molecule has 0 bridgehead atoms. The zero-order chi connectivity index (χ0) is 21.4. The maximum Gasteiger partial charge on any atom is 0.311 e. The van der Waals surface area contributed by atoms with Crippen molar-refractivity contribution in [2.45, 2.75) is 84.0 Å². The van der Waals surface area contributed by atoms with Gasteiger partial charge >= 0.3 is 11.9 Å². The molecule has 2 aromatic rings. The first-order valence-corrected chi connectivity index (χ1v) is 11.5. The lowest BCUT2D eigenvalue weighted by molar-refractivity contribution is -0.143. The van der Waals surface area contributed by atoms with Crippen LogP contribution in [0.2, 0.25) is 0 Å². The van der Waals surface area contributed by atoms with Gasteiger partial charge in [-0.2, -0.15) is 0 Å². The van der Waals surface area contributed by atoms with Gasteiger partial charge in [-0.15, -0.1) is 0 Å². The summed E-state index contributed by atoms with van der Waals surface area (Å²) in [6.07, 6.45) is 11.6. The highest BCUT2D eigenvalue weighted by atomic mass is 16.5. The fourth-order valence-electron chi connectivity index (χ4n) is 3.49. The normalized spacial score (nSPS) is 10.8. The van der Waals surface area contributed by atoms with E-state index in [0.29, 0.717) is 31.6 Å². The molecule has 4 nitrogen and oxygen atoms in total. The molecule has 0 saturated heterocycles. The van der Waals surface area contributed by atoms with Crippen LogP contribution >= 0.6 is 0 Å². The Bertz CT molecular complexity index is 763. The van der Waals surface area contributed by atoms with Crippen LogP contribution in [0.25, 0.3) is 10.8 Å². The predicted molar refractivity (Wildman–Crippen MR) is 122 cm³/mol. The molecule has 0 fully saturated rings. The molecule has 2 rings (SSSR count). The summed E-state index contributed by atoms with van der Waals surface area (Å²) in [6.45, 7) is 2.75. The second kappa shape index (κ2) is 14.6. The molecule has 0 saturated carbocycles. The second-order valence-corrected chi connectivity index (χ2v) is 7.85. The zero-order valence-corrected chi connectivity index (χ0v) is 18.4. The number of esters is 2. The van der Waals surface area contributed by atoms with Gasteiger partial charge in [-0.25, -0.2) is 0 Å². The number of rotatable bonds is 15. The van der Waals surface area contributed by atoms with E-state index in [-0.39, 0.29) is 11.9 Å². The summed E-state index contributed by atoms with van der Waals surface area (Å²) in [6, 6.07) is 13.6. The average Bonchev–Trinajstić information content (AvgIpc) is 2.75. The van der Waals surface area contributed by atoms with Crippen molar-refractivity contribution in [3.8, 4) is 5.75 Å². The second-order valence-electron chi connectivity index (χ2n) is 7.85. The van der Waals surface area contributed by atoms with E-state index in [2.05, 4.69) is 6.92 Å². The quantitative estimate of drug-likeness (QED) is 0.180. The van der Waals surface area contributed by atoms with E-state index in [9.17, 15) is 9.59 Å². The number of ether oxygens (including phenoxy) is 2. The molecule has 30 heavy (non-hydrogen) atoms. The first-order chi connectivity index (χ1) is 14.7. The Kier molecular flexibility index (Phi) is 11.6. The molecule has 0 aliphatic carbocycles. The van der Waals surface area contributed by atoms with Crippen molar-refractivity contribution in [3.63, 3.8) is 0 Å². The Morgan fingerprint density at radius 2 is 1.33 bits per heavy atom. The van der Waals surface area contributed by atoms with Crippen LogP contribution in [0.4, 0.5) is 0 Å². The molecule has 0 unspecified atom stereocenters. The fraction of sp³-hybridized carbons (Fsp3) is 0.538. The van der Waals surface area contributed by atoms with Crippen LogP contribution in [0.3, 0.4) is 0 Å². The molecule has 0 N–H and O–H groups in total. The van der Waals surface area contributed by atoms with Crippen LogP contribution < -0.4 is 4.74 Å². The molecular weight excluding hydrogens is 376 g/mol. The molecule has 0 aromatic heterocycles. The van der Waals surface area contributed by atoms with Gasteiger partial charge in [0.05, 0.1) is 6.61 Å². The van der Waals surface area contributed by atoms with Gasteiger partial charge in [0.1, 0.15) is 5.75 Å². The molecule has 0 radical (unpaired) electrons. The smallest absolute Gasteiger partial charge is 0.311 e. The summed E-state index contributed by atoms with van der Waals surface area (Å²) < 4.78 is 10.8. The third-order valence-corrected chi connectivity index (χ3v) is 5.25. The summed E-state index contributed by atoms with van der Waals surface area (Å²) in [7, 11) is 0. The van der Waals surface area contributed by atoms with E-state index in [4.69, 9.17) is 9.47 Å². The van der Waals surface area contributed by atoms with Gasteiger partial charge in [0.15, 0.2) is 0 Å².